The van der Waals surface area contributed by atoms with Crippen molar-refractivity contribution in [3.63, 3.8) is 0 Å². The number of ether oxygens (including phenoxy) is 1. The van der Waals surface area contributed by atoms with Crippen LogP contribution in [0.25, 0.3) is 0 Å². The van der Waals surface area contributed by atoms with E-state index in [0.717, 1.165) is 10.4 Å². The van der Waals surface area contributed by atoms with Gasteiger partial charge in [0.15, 0.2) is 11.6 Å². The van der Waals surface area contributed by atoms with Gasteiger partial charge in [-0.05, 0) is 29.8 Å². The van der Waals surface area contributed by atoms with E-state index < -0.39 is 5.82 Å². The Hall–Kier alpha value is -1.10. The molecule has 1 aromatic heterocycles. The van der Waals surface area contributed by atoms with Crippen LogP contribution >= 0.6 is 22.9 Å². The number of hydrogen-bond donors (Lipinski definition) is 1. The molecule has 90 valence electrons. The predicted molar refractivity (Wildman–Crippen MR) is 68.3 cm³/mol. The maximum absolute atomic E-state index is 13.3. The molecule has 2 nitrogen and oxygen atoms in total. The fourth-order valence-electron chi connectivity index (χ4n) is 1.53. The molecule has 0 amide bonds. The maximum atomic E-state index is 13.3. The van der Waals surface area contributed by atoms with Crippen molar-refractivity contribution in [3.8, 4) is 5.75 Å². The third kappa shape index (κ3) is 2.60. The van der Waals surface area contributed by atoms with E-state index in [-0.39, 0.29) is 11.8 Å². The van der Waals surface area contributed by atoms with Crippen LogP contribution in [0.2, 0.25) is 4.34 Å². The molecule has 0 radical (unpaired) electrons. The molecule has 0 aliphatic heterocycles. The summed E-state index contributed by atoms with van der Waals surface area (Å²) >= 11 is 7.27. The molecule has 0 bridgehead atoms. The van der Waals surface area contributed by atoms with E-state index in [1.54, 1.807) is 18.2 Å². The Morgan fingerprint density at radius 2 is 2.12 bits per heavy atom. The van der Waals surface area contributed by atoms with Crippen LogP contribution in [-0.2, 0) is 0 Å². The quantitative estimate of drug-likeness (QED) is 0.926. The molecular weight excluding hydrogens is 261 g/mol. The predicted octanol–water partition coefficient (Wildman–Crippen LogP) is 3.60. The molecule has 1 unspecified atom stereocenters. The zero-order valence-electron chi connectivity index (χ0n) is 9.11. The van der Waals surface area contributed by atoms with E-state index in [9.17, 15) is 4.39 Å². The van der Waals surface area contributed by atoms with Gasteiger partial charge in [-0.1, -0.05) is 17.7 Å². The molecule has 17 heavy (non-hydrogen) atoms. The zero-order valence-corrected chi connectivity index (χ0v) is 10.7. The number of thiophene rings is 1. The second-order valence-corrected chi connectivity index (χ2v) is 5.26. The van der Waals surface area contributed by atoms with Crippen molar-refractivity contribution in [3.05, 3.63) is 50.9 Å². The minimum atomic E-state index is -0.396. The van der Waals surface area contributed by atoms with Crippen LogP contribution in [0.15, 0.2) is 30.3 Å². The Labute approximate surface area is 108 Å². The van der Waals surface area contributed by atoms with Crippen LogP contribution in [0.5, 0.6) is 5.75 Å². The third-order valence-electron chi connectivity index (χ3n) is 2.43. The van der Waals surface area contributed by atoms with Crippen molar-refractivity contribution in [2.45, 2.75) is 6.04 Å². The van der Waals surface area contributed by atoms with Gasteiger partial charge in [0, 0.05) is 4.88 Å². The van der Waals surface area contributed by atoms with E-state index in [1.807, 2.05) is 6.07 Å². The number of rotatable bonds is 3. The SMILES string of the molecule is COc1cc(C(N)c2ccc(Cl)s2)ccc1F. The van der Waals surface area contributed by atoms with Crippen molar-refractivity contribution in [2.24, 2.45) is 5.73 Å². The van der Waals surface area contributed by atoms with E-state index in [2.05, 4.69) is 0 Å². The van der Waals surface area contributed by atoms with Crippen LogP contribution in [0.3, 0.4) is 0 Å². The second kappa shape index (κ2) is 5.04. The van der Waals surface area contributed by atoms with Gasteiger partial charge in [0.2, 0.25) is 0 Å². The summed E-state index contributed by atoms with van der Waals surface area (Å²) in [5, 5.41) is 0. The summed E-state index contributed by atoms with van der Waals surface area (Å²) in [5.74, 6) is -0.201. The molecule has 0 saturated carbocycles. The Morgan fingerprint density at radius 3 is 2.71 bits per heavy atom. The van der Waals surface area contributed by atoms with E-state index in [0.29, 0.717) is 4.34 Å². The lowest BCUT2D eigenvalue weighted by atomic mass is 10.1. The maximum Gasteiger partial charge on any atom is 0.165 e. The van der Waals surface area contributed by atoms with Gasteiger partial charge in [0.25, 0.3) is 0 Å². The highest BCUT2D eigenvalue weighted by Gasteiger charge is 2.13. The van der Waals surface area contributed by atoms with Crippen molar-refractivity contribution >= 4 is 22.9 Å². The molecule has 2 N–H and O–H groups in total. The molecule has 2 aromatic rings. The normalized spacial score (nSPS) is 12.5. The van der Waals surface area contributed by atoms with Gasteiger partial charge in [0.1, 0.15) is 0 Å². The number of benzene rings is 1. The second-order valence-electron chi connectivity index (χ2n) is 3.51. The van der Waals surface area contributed by atoms with Gasteiger partial charge in [-0.25, -0.2) is 4.39 Å². The lowest BCUT2D eigenvalue weighted by molar-refractivity contribution is 0.385. The monoisotopic (exact) mass is 271 g/mol. The van der Waals surface area contributed by atoms with E-state index >= 15 is 0 Å². The standard InChI is InChI=1S/C12H11ClFNOS/c1-16-9-6-7(2-3-8(9)14)12(15)10-4-5-11(13)17-10/h2-6,12H,15H2,1H3. The van der Waals surface area contributed by atoms with Gasteiger partial charge in [-0.15, -0.1) is 11.3 Å². The van der Waals surface area contributed by atoms with Gasteiger partial charge >= 0.3 is 0 Å². The first-order valence-electron chi connectivity index (χ1n) is 4.96. The fourth-order valence-corrected chi connectivity index (χ4v) is 2.62. The van der Waals surface area contributed by atoms with Gasteiger partial charge in [-0.3, -0.25) is 0 Å². The molecule has 1 heterocycles. The highest BCUT2D eigenvalue weighted by atomic mass is 35.5. The molecule has 0 saturated heterocycles. The van der Waals surface area contributed by atoms with Crippen LogP contribution in [-0.4, -0.2) is 7.11 Å². The van der Waals surface area contributed by atoms with Crippen molar-refractivity contribution < 1.29 is 9.13 Å². The summed E-state index contributed by atoms with van der Waals surface area (Å²) in [7, 11) is 1.43. The fraction of sp³-hybridized carbons (Fsp3) is 0.167. The molecular formula is C12H11ClFNOS. The summed E-state index contributed by atoms with van der Waals surface area (Å²) in [6.07, 6.45) is 0. The van der Waals surface area contributed by atoms with Crippen molar-refractivity contribution in [1.29, 1.82) is 0 Å². The summed E-state index contributed by atoms with van der Waals surface area (Å²) in [6, 6.07) is 7.95. The average molecular weight is 272 g/mol. The summed E-state index contributed by atoms with van der Waals surface area (Å²) in [5.41, 5.74) is 6.87. The molecule has 5 heteroatoms. The minimum Gasteiger partial charge on any atom is -0.494 e. The first kappa shape index (κ1) is 12.4. The molecule has 1 aromatic carbocycles. The van der Waals surface area contributed by atoms with Crippen LogP contribution in [0.4, 0.5) is 4.39 Å². The first-order chi connectivity index (χ1) is 8.11. The van der Waals surface area contributed by atoms with Gasteiger partial charge < -0.3 is 10.5 Å². The minimum absolute atomic E-state index is 0.195. The van der Waals surface area contributed by atoms with Crippen molar-refractivity contribution in [1.82, 2.24) is 0 Å². The van der Waals surface area contributed by atoms with Crippen molar-refractivity contribution in [2.75, 3.05) is 7.11 Å². The molecule has 2 rings (SSSR count). The van der Waals surface area contributed by atoms with Gasteiger partial charge in [0.05, 0.1) is 17.5 Å². The van der Waals surface area contributed by atoms with Crippen LogP contribution < -0.4 is 10.5 Å². The lowest BCUT2D eigenvalue weighted by Gasteiger charge is -2.11. The number of nitrogens with two attached hydrogens (primary N) is 1. The molecule has 0 aliphatic carbocycles. The highest BCUT2D eigenvalue weighted by molar-refractivity contribution is 7.16. The summed E-state index contributed by atoms with van der Waals surface area (Å²) in [4.78, 5) is 0.934. The largest absolute Gasteiger partial charge is 0.494 e. The van der Waals surface area contributed by atoms with E-state index in [4.69, 9.17) is 22.1 Å². The molecule has 0 fully saturated rings. The van der Waals surface area contributed by atoms with Crippen LogP contribution in [0, 0.1) is 5.82 Å². The summed E-state index contributed by atoms with van der Waals surface area (Å²) < 4.78 is 18.9. The zero-order chi connectivity index (χ0) is 12.4. The Morgan fingerprint density at radius 1 is 1.35 bits per heavy atom. The Bertz CT molecular complexity index is 529. The summed E-state index contributed by atoms with van der Waals surface area (Å²) in [6.45, 7) is 0. The first-order valence-corrected chi connectivity index (χ1v) is 6.15. The van der Waals surface area contributed by atoms with Gasteiger partial charge in [-0.2, -0.15) is 0 Å². The Kier molecular flexibility index (Phi) is 3.66. The molecule has 0 spiro atoms. The smallest absolute Gasteiger partial charge is 0.165 e. The number of methoxy groups -OCH3 is 1. The average Bonchev–Trinajstić information content (AvgIpc) is 2.75. The molecule has 0 aliphatic rings. The third-order valence-corrected chi connectivity index (χ3v) is 3.75. The molecule has 1 atom stereocenters. The topological polar surface area (TPSA) is 35.2 Å². The van der Waals surface area contributed by atoms with Crippen LogP contribution in [0.1, 0.15) is 16.5 Å². The number of halogens is 2. The lowest BCUT2D eigenvalue weighted by Crippen LogP contribution is -2.10. The highest BCUT2D eigenvalue weighted by Crippen LogP contribution is 2.31. The van der Waals surface area contributed by atoms with E-state index in [1.165, 1.54) is 24.5 Å². The number of hydrogen-bond acceptors (Lipinski definition) is 3. The Balaban J connectivity index is 2.34.